The molecule has 7 nitrogen and oxygen atoms in total. The predicted molar refractivity (Wildman–Crippen MR) is 39.8 cm³/mol. The molecule has 0 saturated heterocycles. The Bertz CT molecular complexity index is 230. The Morgan fingerprint density at radius 3 is 2.08 bits per heavy atom. The van der Waals surface area contributed by atoms with Gasteiger partial charge in [0.2, 0.25) is 5.66 Å². The molecule has 0 aromatic heterocycles. The van der Waals surface area contributed by atoms with E-state index in [2.05, 4.69) is 10.2 Å². The van der Waals surface area contributed by atoms with E-state index in [1.54, 1.807) is 0 Å². The highest BCUT2D eigenvalue weighted by atomic mass is 16.4. The Balaban J connectivity index is 2.56. The molecule has 5 N–H and O–H groups in total. The van der Waals surface area contributed by atoms with Crippen molar-refractivity contribution < 1.29 is 26.9 Å². The Labute approximate surface area is 75.4 Å². The highest BCUT2D eigenvalue weighted by Gasteiger charge is 2.51. The lowest BCUT2D eigenvalue weighted by molar-refractivity contribution is -0.0949. The maximum Gasteiger partial charge on any atom is 0.241 e. The van der Waals surface area contributed by atoms with Gasteiger partial charge in [-0.05, 0) is 0 Å². The van der Waals surface area contributed by atoms with Crippen molar-refractivity contribution in [2.24, 2.45) is 10.2 Å². The third-order valence-corrected chi connectivity index (χ3v) is 1.89. The topological polar surface area (TPSA) is 126 Å². The second kappa shape index (κ2) is 3.64. The highest BCUT2D eigenvalue weighted by molar-refractivity contribution is 5.03. The van der Waals surface area contributed by atoms with Gasteiger partial charge >= 0.3 is 0 Å². The third-order valence-electron chi connectivity index (χ3n) is 1.89. The minimum absolute atomic E-state index is 0.605. The molecule has 1 heterocycles. The number of aliphatic hydroxyl groups excluding tert-OH is 5. The fourth-order valence-corrected chi connectivity index (χ4v) is 0.888. The largest absolute Gasteiger partial charge is 0.394 e. The summed E-state index contributed by atoms with van der Waals surface area (Å²) in [6.07, 6.45) is -5.26. The van der Waals surface area contributed by atoms with Gasteiger partial charge in [-0.3, -0.25) is 0 Å². The van der Waals surface area contributed by atoms with Crippen LogP contribution >= 0.6 is 0 Å². The maximum absolute atomic E-state index is 9.38. The molecule has 4 atom stereocenters. The normalized spacial score (nSPS) is 28.8. The van der Waals surface area contributed by atoms with Crippen LogP contribution in [0, 0.1) is 0 Å². The zero-order chi connectivity index (χ0) is 10.9. The highest BCUT2D eigenvalue weighted by Crippen LogP contribution is 2.33. The second-order valence-electron chi connectivity index (χ2n) is 2.81. The Hall–Kier alpha value is -0.600. The summed E-state index contributed by atoms with van der Waals surface area (Å²) in [7, 11) is 0. The van der Waals surface area contributed by atoms with E-state index in [4.69, 9.17) is 16.7 Å². The van der Waals surface area contributed by atoms with Crippen LogP contribution in [0.1, 0.15) is 1.37 Å². The Morgan fingerprint density at radius 1 is 1.23 bits per heavy atom. The van der Waals surface area contributed by atoms with Crippen LogP contribution < -0.4 is 0 Å². The van der Waals surface area contributed by atoms with Crippen LogP contribution in [0.3, 0.4) is 0 Å². The van der Waals surface area contributed by atoms with E-state index in [0.29, 0.717) is 0 Å². The third kappa shape index (κ3) is 1.84. The molecule has 13 heavy (non-hydrogen) atoms. The number of hydrogen-bond acceptors (Lipinski definition) is 7. The molecule has 7 heteroatoms. The average molecular weight is 194 g/mol. The zero-order valence-corrected chi connectivity index (χ0v) is 6.65. The molecule has 0 spiro atoms. The first kappa shape index (κ1) is 8.97. The first-order chi connectivity index (χ1) is 6.44. The second-order valence-corrected chi connectivity index (χ2v) is 2.81. The number of rotatable bonds is 5. The predicted octanol–water partition coefficient (Wildman–Crippen LogP) is -2.78. The van der Waals surface area contributed by atoms with E-state index in [-0.39, 0.29) is 0 Å². The molecule has 0 aromatic rings. The first-order valence-corrected chi connectivity index (χ1v) is 3.64. The summed E-state index contributed by atoms with van der Waals surface area (Å²) < 4.78 is 6.70. The number of nitrogens with zero attached hydrogens (tertiary/aromatic N) is 2. The van der Waals surface area contributed by atoms with Gasteiger partial charge in [-0.25, -0.2) is 0 Å². The van der Waals surface area contributed by atoms with Crippen LogP contribution in [0.5, 0.6) is 0 Å². The van der Waals surface area contributed by atoms with Crippen LogP contribution in [0.25, 0.3) is 0 Å². The SMILES string of the molecule is [3H]C(O)[C@@H](O)[C@@H](O)[C@H](O)C1(CO)N=N1. The van der Waals surface area contributed by atoms with Gasteiger partial charge in [0.25, 0.3) is 0 Å². The monoisotopic (exact) mass is 194 g/mol. The molecule has 1 unspecified atom stereocenters. The van der Waals surface area contributed by atoms with Crippen molar-refractivity contribution in [3.63, 3.8) is 0 Å². The molecule has 1 aliphatic heterocycles. The fraction of sp³-hybridized carbons (Fsp3) is 1.00. The van der Waals surface area contributed by atoms with Crippen molar-refractivity contribution in [1.82, 2.24) is 0 Å². The summed E-state index contributed by atoms with van der Waals surface area (Å²) in [5.41, 5.74) is -1.50. The molecule has 1 aliphatic rings. The maximum atomic E-state index is 9.38. The molecule has 0 amide bonds. The fourth-order valence-electron chi connectivity index (χ4n) is 0.888. The molecule has 0 radical (unpaired) electrons. The van der Waals surface area contributed by atoms with E-state index < -0.39 is 37.2 Å². The quantitative estimate of drug-likeness (QED) is 0.323. The lowest BCUT2D eigenvalue weighted by Crippen LogP contribution is -2.49. The average Bonchev–Trinajstić information content (AvgIpc) is 2.94. The molecule has 76 valence electrons. The lowest BCUT2D eigenvalue weighted by Gasteiger charge is -2.24. The van der Waals surface area contributed by atoms with Crippen LogP contribution in [-0.2, 0) is 0 Å². The van der Waals surface area contributed by atoms with Crippen LogP contribution in [-0.4, -0.2) is 62.7 Å². The van der Waals surface area contributed by atoms with Gasteiger partial charge < -0.3 is 25.5 Å². The number of aliphatic hydroxyl groups is 5. The van der Waals surface area contributed by atoms with Gasteiger partial charge in [0.1, 0.15) is 18.3 Å². The van der Waals surface area contributed by atoms with Crippen LogP contribution in [0.2, 0.25) is 0 Å². The minimum atomic E-state index is -1.94. The summed E-state index contributed by atoms with van der Waals surface area (Å²) in [6.45, 7) is -2.54. The number of hydrogen-bond donors (Lipinski definition) is 5. The smallest absolute Gasteiger partial charge is 0.241 e. The van der Waals surface area contributed by atoms with Gasteiger partial charge in [-0.2, -0.15) is 10.2 Å². The van der Waals surface area contributed by atoms with Gasteiger partial charge in [0, 0.05) is 0 Å². The standard InChI is InChI=1S/C6H12N2O5/c9-1-3(11)4(12)5(13)6(2-10)7-8-6/h3-5,9-13H,1-2H2/t3-,4-,5+/m1/s1/i1T/t1?,3-,4-,5+. The Morgan fingerprint density at radius 2 is 1.77 bits per heavy atom. The van der Waals surface area contributed by atoms with E-state index in [1.807, 2.05) is 0 Å². The van der Waals surface area contributed by atoms with Crippen LogP contribution in [0.15, 0.2) is 10.2 Å². The van der Waals surface area contributed by atoms with Crippen molar-refractivity contribution in [3.8, 4) is 0 Å². The summed E-state index contributed by atoms with van der Waals surface area (Å²) in [5.74, 6) is 0. The van der Waals surface area contributed by atoms with E-state index in [0.717, 1.165) is 0 Å². The van der Waals surface area contributed by atoms with Crippen molar-refractivity contribution >= 4 is 0 Å². The molecular weight excluding hydrogens is 180 g/mol. The molecule has 0 aliphatic carbocycles. The van der Waals surface area contributed by atoms with Gasteiger partial charge in [0.15, 0.2) is 0 Å². The van der Waals surface area contributed by atoms with Crippen molar-refractivity contribution in [3.05, 3.63) is 0 Å². The van der Waals surface area contributed by atoms with E-state index in [9.17, 15) is 10.2 Å². The molecule has 0 saturated carbocycles. The first-order valence-electron chi connectivity index (χ1n) is 4.22. The van der Waals surface area contributed by atoms with Crippen molar-refractivity contribution in [2.75, 3.05) is 13.2 Å². The van der Waals surface area contributed by atoms with Gasteiger partial charge in [0.05, 0.1) is 14.6 Å². The van der Waals surface area contributed by atoms with E-state index in [1.165, 1.54) is 0 Å². The zero-order valence-electron chi connectivity index (χ0n) is 7.65. The van der Waals surface area contributed by atoms with Crippen molar-refractivity contribution in [2.45, 2.75) is 24.0 Å². The summed E-state index contributed by atoms with van der Waals surface area (Å²) in [5, 5.41) is 51.7. The molecule has 0 bridgehead atoms. The Kier molecular flexibility index (Phi) is 2.51. The molecular formula is C6H12N2O5. The summed E-state index contributed by atoms with van der Waals surface area (Å²) in [6, 6.07) is 0. The molecule has 1 rings (SSSR count). The lowest BCUT2D eigenvalue weighted by atomic mass is 9.99. The molecule has 0 aromatic carbocycles. The minimum Gasteiger partial charge on any atom is -0.394 e. The van der Waals surface area contributed by atoms with Gasteiger partial charge in [-0.1, -0.05) is 0 Å². The van der Waals surface area contributed by atoms with E-state index >= 15 is 0 Å². The summed E-state index contributed by atoms with van der Waals surface area (Å²) >= 11 is 0. The summed E-state index contributed by atoms with van der Waals surface area (Å²) in [4.78, 5) is 0. The van der Waals surface area contributed by atoms with Crippen LogP contribution in [0.4, 0.5) is 0 Å². The molecule has 0 fully saturated rings. The van der Waals surface area contributed by atoms with Crippen molar-refractivity contribution in [1.29, 1.82) is 0 Å². The van der Waals surface area contributed by atoms with Gasteiger partial charge in [-0.15, -0.1) is 0 Å².